The molecule has 0 radical (unpaired) electrons. The molecule has 4 aliphatic heterocycles. The van der Waals surface area contributed by atoms with Crippen molar-refractivity contribution in [3.63, 3.8) is 0 Å². The van der Waals surface area contributed by atoms with E-state index in [1.165, 1.54) is 31.2 Å². The molecular weight excluding hydrogens is 560 g/mol. The number of piperazine rings is 1. The minimum Gasteiger partial charge on any atom is -0.493 e. The summed E-state index contributed by atoms with van der Waals surface area (Å²) >= 11 is 0. The zero-order chi connectivity index (χ0) is 30.1. The van der Waals surface area contributed by atoms with Crippen molar-refractivity contribution in [1.29, 1.82) is 0 Å². The van der Waals surface area contributed by atoms with Crippen LogP contribution in [0.1, 0.15) is 49.3 Å². The van der Waals surface area contributed by atoms with E-state index >= 15 is 0 Å². The third kappa shape index (κ3) is 7.67. The van der Waals surface area contributed by atoms with Crippen LogP contribution < -0.4 is 24.2 Å². The molecule has 4 aliphatic rings. The molecule has 1 unspecified atom stereocenters. The highest BCUT2D eigenvalue weighted by molar-refractivity contribution is 5.56. The SMILES string of the molecule is COc1cc2c(cc1OC)C(COCCOCCN1CCN(c3cc(N4CCCC4)nc(N4CCCC4)n3)CC1)OCCC2. The lowest BCUT2D eigenvalue weighted by molar-refractivity contribution is -0.0321. The Morgan fingerprint density at radius 3 is 2.05 bits per heavy atom. The number of fused-ring (bicyclic) bond motifs is 1. The van der Waals surface area contributed by atoms with Crippen LogP contribution in [0.25, 0.3) is 0 Å². The summed E-state index contributed by atoms with van der Waals surface area (Å²) in [5.74, 6) is 4.57. The first kappa shape index (κ1) is 31.1. The summed E-state index contributed by atoms with van der Waals surface area (Å²) in [6, 6.07) is 6.33. The minimum atomic E-state index is -0.114. The first-order valence-corrected chi connectivity index (χ1v) is 16.6. The highest BCUT2D eigenvalue weighted by atomic mass is 16.5. The van der Waals surface area contributed by atoms with Gasteiger partial charge in [-0.2, -0.15) is 9.97 Å². The molecule has 11 heteroatoms. The first-order chi connectivity index (χ1) is 21.7. The van der Waals surface area contributed by atoms with E-state index in [0.29, 0.717) is 33.0 Å². The molecule has 44 heavy (non-hydrogen) atoms. The van der Waals surface area contributed by atoms with Gasteiger partial charge in [-0.3, -0.25) is 4.90 Å². The normalized spacial score (nSPS) is 21.0. The molecule has 11 nitrogen and oxygen atoms in total. The van der Waals surface area contributed by atoms with Crippen molar-refractivity contribution in [2.45, 2.75) is 44.6 Å². The van der Waals surface area contributed by atoms with E-state index in [9.17, 15) is 0 Å². The van der Waals surface area contributed by atoms with Gasteiger partial charge >= 0.3 is 0 Å². The third-order valence-corrected chi connectivity index (χ3v) is 9.30. The predicted molar refractivity (Wildman–Crippen MR) is 172 cm³/mol. The number of methoxy groups -OCH3 is 2. The fourth-order valence-corrected chi connectivity index (χ4v) is 6.71. The third-order valence-electron chi connectivity index (χ3n) is 9.30. The van der Waals surface area contributed by atoms with Gasteiger partial charge in [-0.25, -0.2) is 0 Å². The molecule has 1 atom stereocenters. The van der Waals surface area contributed by atoms with Gasteiger partial charge in [0.15, 0.2) is 11.5 Å². The molecule has 0 saturated carbocycles. The lowest BCUT2D eigenvalue weighted by Crippen LogP contribution is -2.47. The summed E-state index contributed by atoms with van der Waals surface area (Å²) in [5.41, 5.74) is 2.37. The van der Waals surface area contributed by atoms with E-state index in [1.807, 2.05) is 6.07 Å². The van der Waals surface area contributed by atoms with Crippen LogP contribution in [0.4, 0.5) is 17.6 Å². The van der Waals surface area contributed by atoms with Gasteiger partial charge in [0.2, 0.25) is 5.95 Å². The van der Waals surface area contributed by atoms with Gasteiger partial charge in [0.25, 0.3) is 0 Å². The minimum absolute atomic E-state index is 0.114. The largest absolute Gasteiger partial charge is 0.493 e. The predicted octanol–water partition coefficient (Wildman–Crippen LogP) is 3.55. The molecular formula is C33H50N6O5. The lowest BCUT2D eigenvalue weighted by Gasteiger charge is -2.36. The van der Waals surface area contributed by atoms with Crippen LogP contribution in [0.3, 0.4) is 0 Å². The van der Waals surface area contributed by atoms with Gasteiger partial charge < -0.3 is 38.4 Å². The van der Waals surface area contributed by atoms with E-state index in [2.05, 4.69) is 31.7 Å². The molecule has 5 heterocycles. The number of hydrogen-bond donors (Lipinski definition) is 0. The van der Waals surface area contributed by atoms with E-state index < -0.39 is 0 Å². The van der Waals surface area contributed by atoms with Crippen LogP contribution in [0.2, 0.25) is 0 Å². The van der Waals surface area contributed by atoms with E-state index in [0.717, 1.165) is 106 Å². The molecule has 242 valence electrons. The smallest absolute Gasteiger partial charge is 0.229 e. The number of ether oxygens (including phenoxy) is 5. The molecule has 3 fully saturated rings. The van der Waals surface area contributed by atoms with Crippen molar-refractivity contribution < 1.29 is 23.7 Å². The highest BCUT2D eigenvalue weighted by Crippen LogP contribution is 2.36. The Kier molecular flexibility index (Phi) is 10.9. The maximum absolute atomic E-state index is 6.13. The average molecular weight is 611 g/mol. The van der Waals surface area contributed by atoms with Gasteiger partial charge in [0.05, 0.1) is 40.6 Å². The van der Waals surface area contributed by atoms with Crippen LogP contribution in [0.5, 0.6) is 11.5 Å². The zero-order valence-corrected chi connectivity index (χ0v) is 26.7. The van der Waals surface area contributed by atoms with Crippen LogP contribution in [0.15, 0.2) is 18.2 Å². The number of benzene rings is 1. The standard InChI is InChI=1S/C33H50N6O5/c1-40-28-22-26-8-7-18-44-30(27(26)23-29(28)41-2)25-43-21-20-42-19-17-36-13-15-38(16-14-36)32-24-31(37-9-3-4-10-37)34-33(35-32)39-11-5-6-12-39/h22-24,30H,3-21,25H2,1-2H3. The van der Waals surface area contributed by atoms with Crippen molar-refractivity contribution in [3.05, 3.63) is 29.3 Å². The molecule has 0 amide bonds. The van der Waals surface area contributed by atoms with Crippen molar-refractivity contribution >= 4 is 17.6 Å². The number of aryl methyl sites for hydroxylation is 1. The number of aromatic nitrogens is 2. The molecule has 1 aromatic heterocycles. The molecule has 0 spiro atoms. The Labute approximate surface area is 262 Å². The van der Waals surface area contributed by atoms with Crippen molar-refractivity contribution in [3.8, 4) is 11.5 Å². The number of nitrogens with zero attached hydrogens (tertiary/aromatic N) is 6. The number of hydrogen-bond acceptors (Lipinski definition) is 11. The Balaban J connectivity index is 0.917. The van der Waals surface area contributed by atoms with Crippen molar-refractivity contribution in [2.75, 3.05) is 121 Å². The number of rotatable bonds is 13. The summed E-state index contributed by atoms with van der Waals surface area (Å²) < 4.78 is 29.1. The van der Waals surface area contributed by atoms with Gasteiger partial charge in [-0.1, -0.05) is 0 Å². The maximum atomic E-state index is 6.13. The van der Waals surface area contributed by atoms with E-state index in [4.69, 9.17) is 33.7 Å². The Morgan fingerprint density at radius 1 is 0.705 bits per heavy atom. The van der Waals surface area contributed by atoms with Crippen molar-refractivity contribution in [2.24, 2.45) is 0 Å². The fourth-order valence-electron chi connectivity index (χ4n) is 6.71. The maximum Gasteiger partial charge on any atom is 0.229 e. The number of anilines is 3. The van der Waals surface area contributed by atoms with Gasteiger partial charge in [-0.15, -0.1) is 0 Å². The Bertz CT molecular complexity index is 1160. The van der Waals surface area contributed by atoms with Crippen LogP contribution in [-0.4, -0.2) is 121 Å². The Morgan fingerprint density at radius 2 is 1.34 bits per heavy atom. The molecule has 2 aromatic rings. The molecule has 0 bridgehead atoms. The molecule has 6 rings (SSSR count). The highest BCUT2D eigenvalue weighted by Gasteiger charge is 2.25. The quantitative estimate of drug-likeness (QED) is 0.312. The second-order valence-electron chi connectivity index (χ2n) is 12.2. The molecule has 3 saturated heterocycles. The topological polar surface area (TPSA) is 84.9 Å². The van der Waals surface area contributed by atoms with E-state index in [1.54, 1.807) is 14.2 Å². The monoisotopic (exact) mass is 610 g/mol. The molecule has 0 aliphatic carbocycles. The molecule has 1 aromatic carbocycles. The van der Waals surface area contributed by atoms with Gasteiger partial charge in [-0.05, 0) is 61.8 Å². The summed E-state index contributed by atoms with van der Waals surface area (Å²) in [6.45, 7) is 12.2. The Hall–Kier alpha value is -2.86. The second kappa shape index (κ2) is 15.4. The average Bonchev–Trinajstić information content (AvgIpc) is 3.78. The van der Waals surface area contributed by atoms with E-state index in [-0.39, 0.29) is 6.10 Å². The summed E-state index contributed by atoms with van der Waals surface area (Å²) in [7, 11) is 3.34. The van der Waals surface area contributed by atoms with Crippen molar-refractivity contribution in [1.82, 2.24) is 14.9 Å². The summed E-state index contributed by atoms with van der Waals surface area (Å²) in [6.07, 6.45) is 6.79. The zero-order valence-electron chi connectivity index (χ0n) is 26.7. The van der Waals surface area contributed by atoms with Crippen LogP contribution in [0, 0.1) is 0 Å². The lowest BCUT2D eigenvalue weighted by atomic mass is 9.99. The summed E-state index contributed by atoms with van der Waals surface area (Å²) in [4.78, 5) is 19.7. The second-order valence-corrected chi connectivity index (χ2v) is 12.2. The van der Waals surface area contributed by atoms with Crippen LogP contribution in [-0.2, 0) is 20.6 Å². The van der Waals surface area contributed by atoms with Crippen LogP contribution >= 0.6 is 0 Å². The van der Waals surface area contributed by atoms with Gasteiger partial charge in [0.1, 0.15) is 17.7 Å². The molecule has 0 N–H and O–H groups in total. The first-order valence-electron chi connectivity index (χ1n) is 16.6. The van der Waals surface area contributed by atoms with Gasteiger partial charge in [0, 0.05) is 71.6 Å². The fraction of sp³-hybridized carbons (Fsp3) is 0.697. The summed E-state index contributed by atoms with van der Waals surface area (Å²) in [5, 5.41) is 0.